The number of carbonyl (C=O) groups is 1. The smallest absolute Gasteiger partial charge is 0.341 e. The Hall–Kier alpha value is -2.84. The quantitative estimate of drug-likeness (QED) is 0.240. The van der Waals surface area contributed by atoms with Crippen molar-refractivity contribution in [2.24, 2.45) is 0 Å². The van der Waals surface area contributed by atoms with Crippen LogP contribution in [-0.2, 0) is 4.74 Å². The molecule has 3 aromatic rings. The Kier molecular flexibility index (Phi) is 6.10. The van der Waals surface area contributed by atoms with E-state index in [-0.39, 0.29) is 12.3 Å². The number of nitrogens with one attached hydrogen (secondary N) is 1. The first-order valence-corrected chi connectivity index (χ1v) is 9.81. The number of rotatable bonds is 7. The van der Waals surface area contributed by atoms with E-state index in [0.717, 1.165) is 23.1 Å². The van der Waals surface area contributed by atoms with Gasteiger partial charge in [0.1, 0.15) is 15.5 Å². The summed E-state index contributed by atoms with van der Waals surface area (Å²) < 4.78 is 8.30. The van der Waals surface area contributed by atoms with Crippen LogP contribution >= 0.6 is 23.3 Å². The summed E-state index contributed by atoms with van der Waals surface area (Å²) in [5, 5.41) is 13.6. The van der Waals surface area contributed by atoms with Crippen LogP contribution in [0.1, 0.15) is 17.3 Å². The lowest BCUT2D eigenvalue weighted by Gasteiger charge is -2.09. The highest BCUT2D eigenvalue weighted by Gasteiger charge is 2.22. The zero-order chi connectivity index (χ0) is 19.2. The van der Waals surface area contributed by atoms with E-state index in [2.05, 4.69) is 4.72 Å². The molecule has 0 unspecified atom stereocenters. The van der Waals surface area contributed by atoms with E-state index >= 15 is 0 Å². The van der Waals surface area contributed by atoms with E-state index in [9.17, 15) is 14.9 Å². The summed E-state index contributed by atoms with van der Waals surface area (Å²) in [7, 11) is 0. The number of nitro benzene ring substituents is 1. The van der Waals surface area contributed by atoms with Crippen molar-refractivity contribution in [2.45, 2.75) is 11.8 Å². The fraction of sp³-hybridized carbons (Fsp3) is 0.105. The molecule has 0 aliphatic rings. The molecule has 1 heterocycles. The van der Waals surface area contributed by atoms with Gasteiger partial charge in [-0.3, -0.25) is 10.1 Å². The highest BCUT2D eigenvalue weighted by atomic mass is 32.2. The number of nitrogens with zero attached hydrogens (tertiary/aromatic N) is 1. The molecule has 138 valence electrons. The van der Waals surface area contributed by atoms with E-state index in [1.54, 1.807) is 25.1 Å². The van der Waals surface area contributed by atoms with Crippen LogP contribution in [0.5, 0.6) is 0 Å². The molecule has 0 bridgehead atoms. The van der Waals surface area contributed by atoms with Gasteiger partial charge in [0, 0.05) is 17.0 Å². The monoisotopic (exact) mass is 400 g/mol. The van der Waals surface area contributed by atoms with Crippen LogP contribution in [0, 0.1) is 10.1 Å². The zero-order valence-corrected chi connectivity index (χ0v) is 16.0. The van der Waals surface area contributed by atoms with Crippen molar-refractivity contribution < 1.29 is 14.5 Å². The summed E-state index contributed by atoms with van der Waals surface area (Å²) in [6, 6.07) is 16.0. The predicted octanol–water partition coefficient (Wildman–Crippen LogP) is 5.62. The molecule has 2 aromatic carbocycles. The van der Waals surface area contributed by atoms with Crippen molar-refractivity contribution in [3.05, 3.63) is 75.7 Å². The SMILES string of the molecule is CCOC(=O)c1c(-c2ccccc2)csc1NSc1ccccc1[N+](=O)[O-]. The molecule has 3 rings (SSSR count). The van der Waals surface area contributed by atoms with Crippen LogP contribution in [0.25, 0.3) is 11.1 Å². The molecule has 0 aliphatic carbocycles. The lowest BCUT2D eigenvalue weighted by atomic mass is 10.0. The molecule has 1 aromatic heterocycles. The van der Waals surface area contributed by atoms with Crippen molar-refractivity contribution in [1.29, 1.82) is 0 Å². The molecule has 0 saturated carbocycles. The molecular formula is C19H16N2O4S2. The maximum absolute atomic E-state index is 12.5. The Morgan fingerprint density at radius 2 is 1.89 bits per heavy atom. The Morgan fingerprint density at radius 1 is 1.19 bits per heavy atom. The largest absolute Gasteiger partial charge is 0.462 e. The topological polar surface area (TPSA) is 81.5 Å². The number of esters is 1. The van der Waals surface area contributed by atoms with E-state index in [0.29, 0.717) is 15.5 Å². The lowest BCUT2D eigenvalue weighted by molar-refractivity contribution is -0.387. The Labute approximate surface area is 164 Å². The summed E-state index contributed by atoms with van der Waals surface area (Å²) in [5.74, 6) is -0.428. The molecule has 0 spiro atoms. The van der Waals surface area contributed by atoms with Gasteiger partial charge in [-0.2, -0.15) is 0 Å². The minimum absolute atomic E-state index is 0.00697. The highest BCUT2D eigenvalue weighted by molar-refractivity contribution is 8.00. The van der Waals surface area contributed by atoms with E-state index < -0.39 is 10.9 Å². The van der Waals surface area contributed by atoms with Crippen molar-refractivity contribution >= 4 is 39.9 Å². The molecule has 1 N–H and O–H groups in total. The number of nitro groups is 1. The average molecular weight is 400 g/mol. The van der Waals surface area contributed by atoms with Crippen LogP contribution < -0.4 is 4.72 Å². The van der Waals surface area contributed by atoms with Crippen LogP contribution in [-0.4, -0.2) is 17.5 Å². The highest BCUT2D eigenvalue weighted by Crippen LogP contribution is 2.39. The maximum Gasteiger partial charge on any atom is 0.341 e. The Bertz CT molecular complexity index is 957. The van der Waals surface area contributed by atoms with Gasteiger partial charge >= 0.3 is 5.97 Å². The summed E-state index contributed by atoms with van der Waals surface area (Å²) in [6.45, 7) is 2.02. The number of benzene rings is 2. The van der Waals surface area contributed by atoms with Gasteiger partial charge in [-0.05, 0) is 30.5 Å². The summed E-state index contributed by atoms with van der Waals surface area (Å²) in [4.78, 5) is 23.7. The maximum atomic E-state index is 12.5. The van der Waals surface area contributed by atoms with Gasteiger partial charge in [-0.15, -0.1) is 11.3 Å². The molecule has 0 atom stereocenters. The van der Waals surface area contributed by atoms with Crippen molar-refractivity contribution in [2.75, 3.05) is 11.3 Å². The zero-order valence-electron chi connectivity index (χ0n) is 14.4. The minimum Gasteiger partial charge on any atom is -0.462 e. The Morgan fingerprint density at radius 3 is 2.59 bits per heavy atom. The lowest BCUT2D eigenvalue weighted by Crippen LogP contribution is -2.07. The van der Waals surface area contributed by atoms with Crippen LogP contribution in [0.3, 0.4) is 0 Å². The third-order valence-corrected chi connectivity index (χ3v) is 5.57. The number of anilines is 1. The average Bonchev–Trinajstić information content (AvgIpc) is 3.11. The van der Waals surface area contributed by atoms with Gasteiger partial charge in [0.05, 0.1) is 11.5 Å². The molecule has 27 heavy (non-hydrogen) atoms. The fourth-order valence-corrected chi connectivity index (χ4v) is 4.28. The van der Waals surface area contributed by atoms with Gasteiger partial charge in [0.25, 0.3) is 5.69 Å². The summed E-state index contributed by atoms with van der Waals surface area (Å²) in [5.41, 5.74) is 2.11. The van der Waals surface area contributed by atoms with Crippen molar-refractivity contribution in [3.63, 3.8) is 0 Å². The van der Waals surface area contributed by atoms with E-state index in [1.807, 2.05) is 35.7 Å². The third-order valence-electron chi connectivity index (χ3n) is 3.67. The minimum atomic E-state index is -0.430. The number of thiophene rings is 1. The molecule has 0 radical (unpaired) electrons. The van der Waals surface area contributed by atoms with Gasteiger partial charge < -0.3 is 9.46 Å². The normalized spacial score (nSPS) is 10.4. The standard InChI is InChI=1S/C19H16N2O4S2/c1-2-25-19(22)17-14(13-8-4-3-5-9-13)12-26-18(17)20-27-16-11-7-6-10-15(16)21(23)24/h3-12,20H,2H2,1H3. The molecule has 0 saturated heterocycles. The number of para-hydroxylation sites is 1. The molecule has 6 nitrogen and oxygen atoms in total. The van der Waals surface area contributed by atoms with Crippen LogP contribution in [0.15, 0.2) is 64.9 Å². The second-order valence-electron chi connectivity index (χ2n) is 5.37. The third kappa shape index (κ3) is 4.29. The van der Waals surface area contributed by atoms with Gasteiger partial charge in [-0.1, -0.05) is 42.5 Å². The number of hydrogen-bond donors (Lipinski definition) is 1. The molecular weight excluding hydrogens is 384 g/mol. The number of carbonyl (C=O) groups excluding carboxylic acids is 1. The first-order valence-electron chi connectivity index (χ1n) is 8.12. The summed E-state index contributed by atoms with van der Waals surface area (Å²) >= 11 is 2.45. The molecule has 0 amide bonds. The van der Waals surface area contributed by atoms with Crippen molar-refractivity contribution in [1.82, 2.24) is 0 Å². The van der Waals surface area contributed by atoms with E-state index in [1.165, 1.54) is 17.4 Å². The molecule has 8 heteroatoms. The van der Waals surface area contributed by atoms with Crippen molar-refractivity contribution in [3.8, 4) is 11.1 Å². The molecule has 0 aliphatic heterocycles. The second-order valence-corrected chi connectivity index (χ2v) is 7.10. The summed E-state index contributed by atoms with van der Waals surface area (Å²) in [6.07, 6.45) is 0. The second kappa shape index (κ2) is 8.70. The Balaban J connectivity index is 1.93. The van der Waals surface area contributed by atoms with Gasteiger partial charge in [-0.25, -0.2) is 4.79 Å². The number of hydrogen-bond acceptors (Lipinski definition) is 7. The predicted molar refractivity (Wildman–Crippen MR) is 108 cm³/mol. The molecule has 0 fully saturated rings. The van der Waals surface area contributed by atoms with Gasteiger partial charge in [0.2, 0.25) is 0 Å². The van der Waals surface area contributed by atoms with E-state index in [4.69, 9.17) is 4.74 Å². The van der Waals surface area contributed by atoms with Gasteiger partial charge in [0.15, 0.2) is 0 Å². The first kappa shape index (κ1) is 18.9. The van der Waals surface area contributed by atoms with Crippen LogP contribution in [0.4, 0.5) is 10.7 Å². The fourth-order valence-electron chi connectivity index (χ4n) is 2.46. The van der Waals surface area contributed by atoms with Crippen LogP contribution in [0.2, 0.25) is 0 Å². The first-order chi connectivity index (χ1) is 13.1. The number of ether oxygens (including phenoxy) is 1.